The van der Waals surface area contributed by atoms with Crippen molar-refractivity contribution < 1.29 is 4.79 Å². The molecular weight excluding hydrogens is 352 g/mol. The number of amides is 1. The van der Waals surface area contributed by atoms with Gasteiger partial charge in [-0.2, -0.15) is 4.99 Å². The van der Waals surface area contributed by atoms with Crippen LogP contribution >= 0.6 is 23.6 Å². The average molecular weight is 375 g/mol. The fourth-order valence-corrected chi connectivity index (χ4v) is 4.06. The van der Waals surface area contributed by atoms with Gasteiger partial charge in [0.1, 0.15) is 0 Å². The van der Waals surface area contributed by atoms with Gasteiger partial charge in [0.25, 0.3) is 0 Å². The van der Waals surface area contributed by atoms with Crippen molar-refractivity contribution >= 4 is 56.2 Å². The molecule has 0 N–H and O–H groups in total. The summed E-state index contributed by atoms with van der Waals surface area (Å²) in [7, 11) is 0. The Bertz CT molecular complexity index is 854. The monoisotopic (exact) mass is 374 g/mol. The van der Waals surface area contributed by atoms with Crippen LogP contribution in [-0.4, -0.2) is 47.1 Å². The molecule has 5 nitrogen and oxygen atoms in total. The zero-order valence-electron chi connectivity index (χ0n) is 15.0. The van der Waals surface area contributed by atoms with E-state index in [-0.39, 0.29) is 11.3 Å². The van der Waals surface area contributed by atoms with Gasteiger partial charge in [0.15, 0.2) is 0 Å². The molecule has 1 aromatic carbocycles. The number of thiazole rings is 1. The molecule has 1 saturated heterocycles. The Morgan fingerprint density at radius 2 is 1.96 bits per heavy atom. The maximum absolute atomic E-state index is 11.5. The first-order valence-corrected chi connectivity index (χ1v) is 9.55. The smallest absolute Gasteiger partial charge is 0.219 e. The number of piperazine rings is 1. The fraction of sp³-hybridized carbons (Fsp3) is 0.500. The van der Waals surface area contributed by atoms with Crippen molar-refractivity contribution in [2.24, 2.45) is 4.99 Å². The lowest BCUT2D eigenvalue weighted by Gasteiger charge is -2.36. The molecule has 132 valence electrons. The van der Waals surface area contributed by atoms with Gasteiger partial charge in [-0.1, -0.05) is 20.8 Å². The number of isothiocyanates is 1. The summed E-state index contributed by atoms with van der Waals surface area (Å²) in [5, 5.41) is 3.60. The van der Waals surface area contributed by atoms with Crippen LogP contribution in [0.3, 0.4) is 0 Å². The Labute approximate surface area is 157 Å². The van der Waals surface area contributed by atoms with Crippen molar-refractivity contribution in [3.63, 3.8) is 0 Å². The van der Waals surface area contributed by atoms with E-state index in [1.54, 1.807) is 18.3 Å². The highest BCUT2D eigenvalue weighted by Crippen LogP contribution is 2.38. The predicted octanol–water partition coefficient (Wildman–Crippen LogP) is 4.00. The van der Waals surface area contributed by atoms with Crippen molar-refractivity contribution in [1.29, 1.82) is 0 Å². The summed E-state index contributed by atoms with van der Waals surface area (Å²) in [6, 6.07) is 4.14. The third-order valence-corrected chi connectivity index (χ3v) is 5.89. The van der Waals surface area contributed by atoms with E-state index in [9.17, 15) is 4.79 Å². The van der Waals surface area contributed by atoms with E-state index in [2.05, 4.69) is 41.9 Å². The summed E-state index contributed by atoms with van der Waals surface area (Å²) in [6.45, 7) is 11.1. The first kappa shape index (κ1) is 18.0. The lowest BCUT2D eigenvalue weighted by molar-refractivity contribution is -0.129. The molecule has 1 amide bonds. The van der Waals surface area contributed by atoms with Crippen molar-refractivity contribution in [1.82, 2.24) is 9.88 Å². The van der Waals surface area contributed by atoms with E-state index < -0.39 is 0 Å². The minimum Gasteiger partial charge on any atom is -0.366 e. The number of aliphatic imine (C=N–C) groups is 1. The number of aromatic nitrogens is 1. The average Bonchev–Trinajstić information content (AvgIpc) is 2.98. The Morgan fingerprint density at radius 3 is 2.52 bits per heavy atom. The van der Waals surface area contributed by atoms with Crippen LogP contribution in [0, 0.1) is 0 Å². The summed E-state index contributed by atoms with van der Waals surface area (Å²) in [5.74, 6) is 0.126. The molecular formula is C18H22N4OS2. The zero-order valence-corrected chi connectivity index (χ0v) is 16.6. The molecule has 1 fully saturated rings. The standard InChI is InChI=1S/C18H22N4OS2/c1-12(23)21-5-7-22(8-6-21)15-9-14-16(10-13(15)19-11-24)25-17(20-14)18(2,3)4/h9-10H,5-8H2,1-4H3. The summed E-state index contributed by atoms with van der Waals surface area (Å²) >= 11 is 6.53. The molecule has 0 spiro atoms. The van der Waals surface area contributed by atoms with Crippen molar-refractivity contribution in [2.45, 2.75) is 33.1 Å². The normalized spacial score (nSPS) is 15.4. The van der Waals surface area contributed by atoms with Crippen LogP contribution in [-0.2, 0) is 10.2 Å². The Morgan fingerprint density at radius 1 is 1.28 bits per heavy atom. The molecule has 0 atom stereocenters. The highest BCUT2D eigenvalue weighted by atomic mass is 32.1. The second-order valence-electron chi connectivity index (χ2n) is 7.27. The maximum Gasteiger partial charge on any atom is 0.219 e. The lowest BCUT2D eigenvalue weighted by atomic mass is 9.98. The predicted molar refractivity (Wildman–Crippen MR) is 107 cm³/mol. The fourth-order valence-electron chi connectivity index (χ4n) is 2.93. The summed E-state index contributed by atoms with van der Waals surface area (Å²) in [4.78, 5) is 24.8. The quantitative estimate of drug-likeness (QED) is 0.589. The number of nitrogens with zero attached hydrogens (tertiary/aromatic N) is 4. The van der Waals surface area contributed by atoms with E-state index in [0.29, 0.717) is 0 Å². The number of carbonyl (C=O) groups is 1. The first-order chi connectivity index (χ1) is 11.8. The Kier molecular flexibility index (Phi) is 4.91. The minimum atomic E-state index is 0.0184. The number of hydrogen-bond donors (Lipinski definition) is 0. The Hall–Kier alpha value is -1.82. The van der Waals surface area contributed by atoms with Crippen LogP contribution in [0.15, 0.2) is 17.1 Å². The molecule has 0 aliphatic carbocycles. The van der Waals surface area contributed by atoms with E-state index in [1.165, 1.54) is 0 Å². The van der Waals surface area contributed by atoms with E-state index in [4.69, 9.17) is 17.2 Å². The molecule has 3 rings (SSSR count). The third-order valence-electron chi connectivity index (χ3n) is 4.36. The molecule has 2 aromatic rings. The summed E-state index contributed by atoms with van der Waals surface area (Å²) in [6.07, 6.45) is 0. The molecule has 1 aliphatic rings. The van der Waals surface area contributed by atoms with Crippen LogP contribution in [0.2, 0.25) is 0 Å². The van der Waals surface area contributed by atoms with Gasteiger partial charge < -0.3 is 9.80 Å². The largest absolute Gasteiger partial charge is 0.366 e. The number of rotatable bonds is 2. The van der Waals surface area contributed by atoms with Crippen LogP contribution in [0.4, 0.5) is 11.4 Å². The molecule has 2 heterocycles. The van der Waals surface area contributed by atoms with Crippen molar-refractivity contribution in [3.05, 3.63) is 17.1 Å². The first-order valence-electron chi connectivity index (χ1n) is 8.33. The van der Waals surface area contributed by atoms with Crippen LogP contribution < -0.4 is 4.90 Å². The molecule has 1 aliphatic heterocycles. The van der Waals surface area contributed by atoms with Crippen LogP contribution in [0.5, 0.6) is 0 Å². The van der Waals surface area contributed by atoms with Gasteiger partial charge in [-0.25, -0.2) is 4.98 Å². The van der Waals surface area contributed by atoms with Crippen LogP contribution in [0.1, 0.15) is 32.7 Å². The molecule has 1 aromatic heterocycles. The van der Waals surface area contributed by atoms with Gasteiger partial charge in [0.05, 0.1) is 31.8 Å². The third kappa shape index (κ3) is 3.73. The van der Waals surface area contributed by atoms with E-state index in [1.807, 2.05) is 11.0 Å². The molecule has 25 heavy (non-hydrogen) atoms. The van der Waals surface area contributed by atoms with Gasteiger partial charge in [0.2, 0.25) is 5.91 Å². The number of fused-ring (bicyclic) bond motifs is 1. The number of carbonyl (C=O) groups excluding carboxylic acids is 1. The highest BCUT2D eigenvalue weighted by molar-refractivity contribution is 7.78. The van der Waals surface area contributed by atoms with Gasteiger partial charge in [-0.3, -0.25) is 4.79 Å². The van der Waals surface area contributed by atoms with E-state index in [0.717, 1.165) is 52.8 Å². The molecule has 0 unspecified atom stereocenters. The second-order valence-corrected chi connectivity index (χ2v) is 8.49. The molecule has 0 bridgehead atoms. The molecule has 0 radical (unpaired) electrons. The zero-order chi connectivity index (χ0) is 18.2. The SMILES string of the molecule is CC(=O)N1CCN(c2cc3nc(C(C)(C)C)sc3cc2N=C=S)CC1. The van der Waals surface area contributed by atoms with Crippen molar-refractivity contribution in [2.75, 3.05) is 31.1 Å². The van der Waals surface area contributed by atoms with Crippen molar-refractivity contribution in [3.8, 4) is 0 Å². The topological polar surface area (TPSA) is 48.8 Å². The van der Waals surface area contributed by atoms with Crippen LogP contribution in [0.25, 0.3) is 10.2 Å². The minimum absolute atomic E-state index is 0.0184. The van der Waals surface area contributed by atoms with Gasteiger partial charge in [0, 0.05) is 38.5 Å². The number of benzene rings is 1. The number of anilines is 1. The lowest BCUT2D eigenvalue weighted by Crippen LogP contribution is -2.48. The highest BCUT2D eigenvalue weighted by Gasteiger charge is 2.23. The van der Waals surface area contributed by atoms with Gasteiger partial charge >= 0.3 is 0 Å². The second kappa shape index (κ2) is 6.83. The maximum atomic E-state index is 11.5. The summed E-state index contributed by atoms with van der Waals surface area (Å²) in [5.41, 5.74) is 2.84. The number of thiocarbonyl (C=S) groups is 1. The molecule has 0 saturated carbocycles. The Balaban J connectivity index is 2.00. The molecule has 7 heteroatoms. The number of hydrogen-bond acceptors (Lipinski definition) is 6. The van der Waals surface area contributed by atoms with Gasteiger partial charge in [-0.05, 0) is 24.4 Å². The summed E-state index contributed by atoms with van der Waals surface area (Å²) < 4.78 is 1.11. The van der Waals surface area contributed by atoms with Gasteiger partial charge in [-0.15, -0.1) is 11.3 Å². The van der Waals surface area contributed by atoms with E-state index >= 15 is 0 Å².